The Labute approximate surface area is 220 Å². The summed E-state index contributed by atoms with van der Waals surface area (Å²) in [4.78, 5) is 22.6. The van der Waals surface area contributed by atoms with Gasteiger partial charge in [0.05, 0.1) is 9.79 Å². The number of sulfonamides is 2. The summed E-state index contributed by atoms with van der Waals surface area (Å²) in [7, 11) is -8.69. The Kier molecular flexibility index (Phi) is 9.20. The van der Waals surface area contributed by atoms with Crippen LogP contribution in [0, 0.1) is 12.7 Å². The first kappa shape index (κ1) is 29.2. The zero-order valence-electron chi connectivity index (χ0n) is 20.4. The van der Waals surface area contributed by atoms with Crippen LogP contribution >= 0.6 is 0 Å². The van der Waals surface area contributed by atoms with E-state index in [0.29, 0.717) is 33.9 Å². The molecule has 38 heavy (non-hydrogen) atoms. The minimum absolute atomic E-state index is 0.0955. The van der Waals surface area contributed by atoms with Crippen LogP contribution in [0.4, 0.5) is 4.39 Å². The van der Waals surface area contributed by atoms with E-state index in [2.05, 4.69) is 0 Å². The van der Waals surface area contributed by atoms with Crippen molar-refractivity contribution in [3.63, 3.8) is 0 Å². The number of halogens is 1. The van der Waals surface area contributed by atoms with E-state index in [-0.39, 0.29) is 11.4 Å². The number of hydrogen-bond donors (Lipinski definition) is 2. The number of nitrogens with zero attached hydrogens (tertiary/aromatic N) is 2. The summed E-state index contributed by atoms with van der Waals surface area (Å²) in [6.07, 6.45) is 4.29. The fourth-order valence-corrected chi connectivity index (χ4v) is 6.82. The zero-order chi connectivity index (χ0) is 28.1. The molecule has 1 aliphatic rings. The van der Waals surface area contributed by atoms with Gasteiger partial charge in [0.25, 0.3) is 0 Å². The molecule has 1 aliphatic carbocycles. The second kappa shape index (κ2) is 12.0. The van der Waals surface area contributed by atoms with Gasteiger partial charge in [-0.25, -0.2) is 21.2 Å². The van der Waals surface area contributed by atoms with Gasteiger partial charge in [-0.1, -0.05) is 30.4 Å². The Hall–Kier alpha value is -3.39. The number of carboxylic acid groups (broad SMARTS) is 2. The average molecular weight is 567 g/mol. The number of carboxylic acids is 2. The Balaban J connectivity index is 1.95. The monoisotopic (exact) mass is 566 g/mol. The first-order valence-corrected chi connectivity index (χ1v) is 14.3. The van der Waals surface area contributed by atoms with Crippen molar-refractivity contribution in [2.24, 2.45) is 0 Å². The molecule has 0 amide bonds. The highest BCUT2D eigenvalue weighted by Gasteiger charge is 2.32. The third kappa shape index (κ3) is 7.13. The van der Waals surface area contributed by atoms with E-state index >= 15 is 0 Å². The quantitative estimate of drug-likeness (QED) is 0.398. The molecule has 3 rings (SSSR count). The van der Waals surface area contributed by atoms with Crippen molar-refractivity contribution >= 4 is 32.0 Å². The molecule has 2 aromatic rings. The van der Waals surface area contributed by atoms with Crippen LogP contribution < -0.4 is 0 Å². The molecule has 10 nitrogen and oxygen atoms in total. The van der Waals surface area contributed by atoms with Crippen molar-refractivity contribution in [2.45, 2.75) is 29.6 Å². The zero-order valence-corrected chi connectivity index (χ0v) is 22.1. The molecule has 0 radical (unpaired) electrons. The summed E-state index contributed by atoms with van der Waals surface area (Å²) in [6.45, 7) is -0.899. The van der Waals surface area contributed by atoms with Crippen LogP contribution in [0.2, 0.25) is 0 Å². The van der Waals surface area contributed by atoms with Gasteiger partial charge in [0.1, 0.15) is 18.9 Å². The van der Waals surface area contributed by atoms with Crippen molar-refractivity contribution in [3.05, 3.63) is 83.2 Å². The molecular formula is C25H27FN2O8S2. The Morgan fingerprint density at radius 2 is 1.24 bits per heavy atom. The van der Waals surface area contributed by atoms with E-state index in [1.165, 1.54) is 24.3 Å². The number of allylic oxidation sites excluding steroid dienone is 2. The molecule has 0 atom stereocenters. The van der Waals surface area contributed by atoms with Gasteiger partial charge in [0.2, 0.25) is 20.0 Å². The van der Waals surface area contributed by atoms with Gasteiger partial charge in [-0.3, -0.25) is 9.59 Å². The van der Waals surface area contributed by atoms with Crippen LogP contribution in [-0.4, -0.2) is 73.8 Å². The average Bonchev–Trinajstić information content (AvgIpc) is 2.83. The highest BCUT2D eigenvalue weighted by molar-refractivity contribution is 7.89. The highest BCUT2D eigenvalue weighted by atomic mass is 32.2. The molecule has 0 heterocycles. The van der Waals surface area contributed by atoms with Gasteiger partial charge in [-0.15, -0.1) is 0 Å². The number of aryl methyl sites for hydroxylation is 1. The molecular weight excluding hydrogens is 539 g/mol. The van der Waals surface area contributed by atoms with Gasteiger partial charge in [0.15, 0.2) is 0 Å². The number of aliphatic carboxylic acids is 2. The first-order valence-electron chi connectivity index (χ1n) is 11.5. The lowest BCUT2D eigenvalue weighted by molar-refractivity contribution is -0.138. The van der Waals surface area contributed by atoms with Crippen LogP contribution in [0.25, 0.3) is 0 Å². The van der Waals surface area contributed by atoms with Crippen LogP contribution in [0.3, 0.4) is 0 Å². The molecule has 0 saturated carbocycles. The number of benzene rings is 2. The Bertz CT molecular complexity index is 1390. The molecule has 0 aliphatic heterocycles. The van der Waals surface area contributed by atoms with Crippen LogP contribution in [-0.2, 0) is 29.6 Å². The maximum absolute atomic E-state index is 13.7. The summed E-state index contributed by atoms with van der Waals surface area (Å²) in [5.41, 5.74) is 1.33. The molecule has 0 saturated heterocycles. The molecule has 0 fully saturated rings. The van der Waals surface area contributed by atoms with Crippen molar-refractivity contribution in [2.75, 3.05) is 26.2 Å². The summed E-state index contributed by atoms with van der Waals surface area (Å²) < 4.78 is 68.3. The molecule has 2 N–H and O–H groups in total. The van der Waals surface area contributed by atoms with E-state index < -0.39 is 62.3 Å². The largest absolute Gasteiger partial charge is 0.480 e. The van der Waals surface area contributed by atoms with Gasteiger partial charge < -0.3 is 10.2 Å². The predicted molar refractivity (Wildman–Crippen MR) is 136 cm³/mol. The van der Waals surface area contributed by atoms with E-state index in [4.69, 9.17) is 0 Å². The molecule has 0 unspecified atom stereocenters. The van der Waals surface area contributed by atoms with E-state index in [1.807, 2.05) is 0 Å². The third-order valence-corrected chi connectivity index (χ3v) is 9.31. The summed E-state index contributed by atoms with van der Waals surface area (Å²) in [5.74, 6) is -3.64. The molecule has 0 aromatic heterocycles. The fourth-order valence-electron chi connectivity index (χ4n) is 3.94. The molecule has 0 spiro atoms. The van der Waals surface area contributed by atoms with Gasteiger partial charge in [-0.05, 0) is 66.8 Å². The first-order chi connectivity index (χ1) is 17.8. The normalized spacial score (nSPS) is 14.3. The lowest BCUT2D eigenvalue weighted by Crippen LogP contribution is -2.40. The topological polar surface area (TPSA) is 149 Å². The summed E-state index contributed by atoms with van der Waals surface area (Å²) >= 11 is 0. The van der Waals surface area contributed by atoms with Crippen molar-refractivity contribution in [1.82, 2.24) is 8.61 Å². The van der Waals surface area contributed by atoms with Crippen LogP contribution in [0.15, 0.2) is 81.6 Å². The second-order valence-electron chi connectivity index (χ2n) is 8.64. The molecule has 13 heteroatoms. The second-order valence-corrected chi connectivity index (χ2v) is 12.5. The maximum atomic E-state index is 13.7. The Morgan fingerprint density at radius 1 is 0.789 bits per heavy atom. The lowest BCUT2D eigenvalue weighted by Gasteiger charge is -2.28. The SMILES string of the molecule is Cc1cccc(S(=O)(=O)N(CC(=O)O)CC2=CCCC=C2CN(CC(=O)O)S(=O)(=O)c2cccc(F)c2)c1. The van der Waals surface area contributed by atoms with Crippen molar-refractivity contribution in [1.29, 1.82) is 0 Å². The van der Waals surface area contributed by atoms with Gasteiger partial charge in [-0.2, -0.15) is 8.61 Å². The van der Waals surface area contributed by atoms with E-state index in [0.717, 1.165) is 22.5 Å². The fraction of sp³-hybridized carbons (Fsp3) is 0.280. The van der Waals surface area contributed by atoms with Crippen LogP contribution in [0.1, 0.15) is 18.4 Å². The van der Waals surface area contributed by atoms with Crippen molar-refractivity contribution < 1.29 is 41.0 Å². The van der Waals surface area contributed by atoms with Gasteiger partial charge >= 0.3 is 11.9 Å². The maximum Gasteiger partial charge on any atom is 0.318 e. The van der Waals surface area contributed by atoms with E-state index in [1.54, 1.807) is 25.1 Å². The van der Waals surface area contributed by atoms with Crippen molar-refractivity contribution in [3.8, 4) is 0 Å². The lowest BCUT2D eigenvalue weighted by atomic mass is 9.97. The summed E-state index contributed by atoms with van der Waals surface area (Å²) in [6, 6.07) is 10.2. The minimum Gasteiger partial charge on any atom is -0.480 e. The number of rotatable bonds is 12. The summed E-state index contributed by atoms with van der Waals surface area (Å²) in [5, 5.41) is 18.8. The number of carbonyl (C=O) groups is 2. The smallest absolute Gasteiger partial charge is 0.318 e. The highest BCUT2D eigenvalue weighted by Crippen LogP contribution is 2.27. The van der Waals surface area contributed by atoms with Gasteiger partial charge in [0, 0.05) is 13.1 Å². The van der Waals surface area contributed by atoms with E-state index in [9.17, 15) is 41.0 Å². The minimum atomic E-state index is -4.45. The predicted octanol–water partition coefficient (Wildman–Crippen LogP) is 2.63. The van der Waals surface area contributed by atoms with Crippen LogP contribution in [0.5, 0.6) is 0 Å². The number of hydrogen-bond acceptors (Lipinski definition) is 6. The molecule has 2 aromatic carbocycles. The molecule has 0 bridgehead atoms. The molecule has 204 valence electrons. The third-order valence-electron chi connectivity index (χ3n) is 5.74. The standard InChI is InChI=1S/C25H27FN2O8S2/c1-18-6-4-10-22(12-18)37(33,34)27(16-24(29)30)14-19-7-2-3-8-20(19)15-28(17-25(31)32)38(35,36)23-11-5-9-21(26)13-23/h4-13H,2-3,14-17H2,1H3,(H,29,30)(H,31,32). The Morgan fingerprint density at radius 3 is 1.66 bits per heavy atom.